The summed E-state index contributed by atoms with van der Waals surface area (Å²) in [5.41, 5.74) is -1.17. The standard InChI is InChI=1S/C29H24F5N5O4/c1-27(26(35)41)13-43-24-19(27)10-21(37-23(24)14-2-4-17(30)5-3-14)28(42,29(32,33)34)12-36-25(40)15-8-16-11-39(18-6-7-18)38-22(16)20(31)9-15/h2-5,8-11,18,42H,6-7,12-13H2,1H3,(H2,35,41)(H,36,40)/t27-,28?/m0/s1. The lowest BCUT2D eigenvalue weighted by Gasteiger charge is -2.31. The van der Waals surface area contributed by atoms with Crippen molar-refractivity contribution in [2.24, 2.45) is 5.73 Å². The maximum Gasteiger partial charge on any atom is 0.424 e. The predicted octanol–water partition coefficient (Wildman–Crippen LogP) is 4.03. The second-order valence-corrected chi connectivity index (χ2v) is 11.0. The van der Waals surface area contributed by atoms with Crippen molar-refractivity contribution in [2.45, 2.75) is 43.0 Å². The molecule has 2 aromatic carbocycles. The Morgan fingerprint density at radius 2 is 1.86 bits per heavy atom. The van der Waals surface area contributed by atoms with Gasteiger partial charge in [-0.3, -0.25) is 14.3 Å². The molecule has 6 rings (SSSR count). The summed E-state index contributed by atoms with van der Waals surface area (Å²) in [5.74, 6) is -3.50. The van der Waals surface area contributed by atoms with Crippen LogP contribution in [0.3, 0.4) is 0 Å². The Bertz CT molecular complexity index is 1790. The zero-order valence-electron chi connectivity index (χ0n) is 22.5. The molecule has 2 aromatic heterocycles. The minimum absolute atomic E-state index is 0.0191. The molecule has 1 fully saturated rings. The lowest BCUT2D eigenvalue weighted by Crippen LogP contribution is -2.51. The number of alkyl halides is 3. The number of hydrogen-bond donors (Lipinski definition) is 3. The zero-order valence-corrected chi connectivity index (χ0v) is 22.5. The summed E-state index contributed by atoms with van der Waals surface area (Å²) in [5, 5.41) is 17.7. The third-order valence-electron chi connectivity index (χ3n) is 7.89. The Morgan fingerprint density at radius 3 is 2.49 bits per heavy atom. The van der Waals surface area contributed by atoms with Crippen molar-refractivity contribution in [3.8, 4) is 17.0 Å². The Labute approximate surface area is 240 Å². The van der Waals surface area contributed by atoms with E-state index in [0.29, 0.717) is 0 Å². The molecule has 1 aliphatic heterocycles. The molecule has 4 N–H and O–H groups in total. The summed E-state index contributed by atoms with van der Waals surface area (Å²) in [6.45, 7) is -0.369. The number of nitrogens with zero attached hydrogens (tertiary/aromatic N) is 3. The largest absolute Gasteiger partial charge is 0.489 e. The number of halogens is 5. The van der Waals surface area contributed by atoms with Crippen molar-refractivity contribution in [3.05, 3.63) is 77.1 Å². The molecule has 2 aliphatic rings. The Hall–Kier alpha value is -4.59. The van der Waals surface area contributed by atoms with Crippen LogP contribution in [-0.2, 0) is 15.8 Å². The van der Waals surface area contributed by atoms with E-state index >= 15 is 0 Å². The van der Waals surface area contributed by atoms with Gasteiger partial charge < -0.3 is 20.9 Å². The van der Waals surface area contributed by atoms with Gasteiger partial charge in [-0.15, -0.1) is 0 Å². The maximum atomic E-state index is 14.8. The molecule has 224 valence electrons. The monoisotopic (exact) mass is 601 g/mol. The molecule has 1 saturated carbocycles. The fraction of sp³-hybridized carbons (Fsp3) is 0.310. The van der Waals surface area contributed by atoms with Crippen molar-refractivity contribution >= 4 is 22.7 Å². The van der Waals surface area contributed by atoms with Crippen LogP contribution in [0.2, 0.25) is 0 Å². The first-order chi connectivity index (χ1) is 20.2. The normalized spacial score (nSPS) is 19.5. The number of hydrogen-bond acceptors (Lipinski definition) is 6. The van der Waals surface area contributed by atoms with Crippen molar-refractivity contribution in [1.82, 2.24) is 20.1 Å². The van der Waals surface area contributed by atoms with Gasteiger partial charge >= 0.3 is 6.18 Å². The number of amides is 2. The first kappa shape index (κ1) is 28.5. The summed E-state index contributed by atoms with van der Waals surface area (Å²) in [6, 6.07) is 7.74. The van der Waals surface area contributed by atoms with E-state index in [-0.39, 0.29) is 51.7 Å². The average molecular weight is 602 g/mol. The third kappa shape index (κ3) is 4.75. The van der Waals surface area contributed by atoms with E-state index in [1.54, 1.807) is 10.9 Å². The number of carbonyl (C=O) groups excluding carboxylic acids is 2. The molecule has 0 saturated heterocycles. The zero-order chi connectivity index (χ0) is 30.9. The number of primary amides is 1. The van der Waals surface area contributed by atoms with Crippen LogP contribution in [0.1, 0.15) is 47.4 Å². The van der Waals surface area contributed by atoms with Gasteiger partial charge in [-0.2, -0.15) is 18.3 Å². The van der Waals surface area contributed by atoms with Gasteiger partial charge in [-0.1, -0.05) is 0 Å². The van der Waals surface area contributed by atoms with Gasteiger partial charge in [0.25, 0.3) is 5.91 Å². The van der Waals surface area contributed by atoms with Crippen LogP contribution in [0.4, 0.5) is 22.0 Å². The van der Waals surface area contributed by atoms with Crippen LogP contribution in [0, 0.1) is 11.6 Å². The first-order valence-corrected chi connectivity index (χ1v) is 13.2. The molecule has 43 heavy (non-hydrogen) atoms. The summed E-state index contributed by atoms with van der Waals surface area (Å²) in [7, 11) is 0. The van der Waals surface area contributed by atoms with Gasteiger partial charge in [0.2, 0.25) is 11.5 Å². The number of fused-ring (bicyclic) bond motifs is 2. The molecule has 2 atom stereocenters. The summed E-state index contributed by atoms with van der Waals surface area (Å²) >= 11 is 0. The van der Waals surface area contributed by atoms with Crippen LogP contribution in [0.15, 0.2) is 48.7 Å². The minimum Gasteiger partial charge on any atom is -0.489 e. The first-order valence-electron chi connectivity index (χ1n) is 13.2. The van der Waals surface area contributed by atoms with Crippen LogP contribution in [0.25, 0.3) is 22.2 Å². The highest BCUT2D eigenvalue weighted by molar-refractivity contribution is 5.98. The van der Waals surface area contributed by atoms with Crippen LogP contribution in [0.5, 0.6) is 5.75 Å². The smallest absolute Gasteiger partial charge is 0.424 e. The molecule has 4 aromatic rings. The summed E-state index contributed by atoms with van der Waals surface area (Å²) < 4.78 is 79.4. The fourth-order valence-corrected chi connectivity index (χ4v) is 5.02. The number of carbonyl (C=O) groups is 2. The van der Waals surface area contributed by atoms with Crippen LogP contribution in [-0.4, -0.2) is 51.0 Å². The molecule has 0 bridgehead atoms. The second-order valence-electron chi connectivity index (χ2n) is 11.0. The van der Waals surface area contributed by atoms with Crippen LogP contribution >= 0.6 is 0 Å². The maximum absolute atomic E-state index is 14.8. The Balaban J connectivity index is 1.39. The second kappa shape index (κ2) is 9.73. The lowest BCUT2D eigenvalue weighted by molar-refractivity contribution is -0.265. The van der Waals surface area contributed by atoms with E-state index in [0.717, 1.165) is 37.1 Å². The molecule has 14 heteroatoms. The molecule has 3 heterocycles. The van der Waals surface area contributed by atoms with Crippen molar-refractivity contribution in [1.29, 1.82) is 0 Å². The number of nitrogens with two attached hydrogens (primary N) is 1. The van der Waals surface area contributed by atoms with Gasteiger partial charge in [-0.25, -0.2) is 13.8 Å². The van der Waals surface area contributed by atoms with Crippen LogP contribution < -0.4 is 15.8 Å². The molecule has 0 spiro atoms. The number of ether oxygens (including phenoxy) is 1. The van der Waals surface area contributed by atoms with Gasteiger partial charge in [0, 0.05) is 28.3 Å². The third-order valence-corrected chi connectivity index (χ3v) is 7.89. The van der Waals surface area contributed by atoms with Gasteiger partial charge in [0.15, 0.2) is 5.82 Å². The Morgan fingerprint density at radius 1 is 1.16 bits per heavy atom. The van der Waals surface area contributed by atoms with Gasteiger partial charge in [-0.05, 0) is 62.2 Å². The molecule has 1 aliphatic carbocycles. The average Bonchev–Trinajstić information content (AvgIpc) is 3.62. The number of nitrogens with one attached hydrogen (secondary N) is 1. The molecule has 1 unspecified atom stereocenters. The number of pyridine rings is 1. The summed E-state index contributed by atoms with van der Waals surface area (Å²) in [6.07, 6.45) is -2.08. The van der Waals surface area contributed by atoms with Crippen molar-refractivity contribution in [3.63, 3.8) is 0 Å². The highest BCUT2D eigenvalue weighted by Gasteiger charge is 2.57. The molecule has 0 radical (unpaired) electrons. The molecule has 2 amide bonds. The van der Waals surface area contributed by atoms with E-state index in [4.69, 9.17) is 10.5 Å². The lowest BCUT2D eigenvalue weighted by atomic mass is 9.81. The summed E-state index contributed by atoms with van der Waals surface area (Å²) in [4.78, 5) is 29.4. The SMILES string of the molecule is C[C@]1(C(N)=O)COc2c1cc(C(O)(CNC(=O)c1cc(F)c3nn(C4CC4)cc3c1)C(F)(F)F)nc2-c1ccc(F)cc1. The van der Waals surface area contributed by atoms with E-state index in [1.807, 2.05) is 5.32 Å². The number of aliphatic hydroxyl groups is 1. The van der Waals surface area contributed by atoms with Crippen molar-refractivity contribution < 1.29 is 41.4 Å². The number of benzene rings is 2. The topological polar surface area (TPSA) is 132 Å². The Kier molecular flexibility index (Phi) is 6.45. The molecule has 9 nitrogen and oxygen atoms in total. The highest BCUT2D eigenvalue weighted by atomic mass is 19.4. The quantitative estimate of drug-likeness (QED) is 0.274. The minimum atomic E-state index is -5.40. The van der Waals surface area contributed by atoms with E-state index in [1.165, 1.54) is 25.1 Å². The molecular weight excluding hydrogens is 577 g/mol. The molecular formula is C29H24F5N5O4. The van der Waals surface area contributed by atoms with Crippen molar-refractivity contribution in [2.75, 3.05) is 13.2 Å². The fourth-order valence-electron chi connectivity index (χ4n) is 5.02. The van der Waals surface area contributed by atoms with E-state index in [2.05, 4.69) is 10.1 Å². The van der Waals surface area contributed by atoms with Gasteiger partial charge in [0.05, 0.1) is 18.3 Å². The van der Waals surface area contributed by atoms with E-state index < -0.39 is 52.9 Å². The van der Waals surface area contributed by atoms with Gasteiger partial charge in [0.1, 0.15) is 34.8 Å². The number of aromatic nitrogens is 3. The van der Waals surface area contributed by atoms with E-state index in [9.17, 15) is 36.6 Å². The number of rotatable bonds is 7. The highest BCUT2D eigenvalue weighted by Crippen LogP contribution is 2.47. The predicted molar refractivity (Wildman–Crippen MR) is 142 cm³/mol.